The molecule has 0 fully saturated rings. The molecule has 2 nitrogen and oxygen atoms in total. The highest BCUT2D eigenvalue weighted by molar-refractivity contribution is 5.86. The summed E-state index contributed by atoms with van der Waals surface area (Å²) in [6.07, 6.45) is 3.44. The summed E-state index contributed by atoms with van der Waals surface area (Å²) < 4.78 is 0. The minimum Gasteiger partial charge on any atom is -0.353 e. The van der Waals surface area contributed by atoms with Crippen molar-refractivity contribution in [1.82, 2.24) is 5.32 Å². The van der Waals surface area contributed by atoms with Gasteiger partial charge in [-0.25, -0.2) is 0 Å². The minimum atomic E-state index is -0.0801. The normalized spacial score (nSPS) is 7.70. The molecule has 60 valence electrons. The molecule has 0 rings (SSSR count). The van der Waals surface area contributed by atoms with Crippen molar-refractivity contribution in [2.75, 3.05) is 6.54 Å². The van der Waals surface area contributed by atoms with Gasteiger partial charge in [0, 0.05) is 6.54 Å². The Morgan fingerprint density at radius 1 is 1.70 bits per heavy atom. The average Bonchev–Trinajstić information content (AvgIpc) is 1.89. The van der Waals surface area contributed by atoms with Crippen LogP contribution >= 0.6 is 0 Å². The zero-order chi connectivity index (χ0) is 7.11. The molecule has 0 radical (unpaired) electrons. The van der Waals surface area contributed by atoms with E-state index in [0.717, 1.165) is 19.4 Å². The third kappa shape index (κ3) is 7.14. The van der Waals surface area contributed by atoms with Gasteiger partial charge in [-0.15, -0.1) is 0 Å². The van der Waals surface area contributed by atoms with Crippen molar-refractivity contribution >= 4 is 5.91 Å². The van der Waals surface area contributed by atoms with Gasteiger partial charge in [0.25, 0.3) is 0 Å². The maximum absolute atomic E-state index is 10.5. The van der Waals surface area contributed by atoms with Gasteiger partial charge in [-0.2, -0.15) is 0 Å². The van der Waals surface area contributed by atoms with Gasteiger partial charge >= 0.3 is 0 Å². The van der Waals surface area contributed by atoms with Gasteiger partial charge in [-0.1, -0.05) is 19.9 Å². The first-order chi connectivity index (χ1) is 4.31. The fourth-order valence-corrected chi connectivity index (χ4v) is 0.461. The number of hydrogen-bond donors (Lipinski definition) is 1. The molecule has 1 N–H and O–H groups in total. The number of amides is 1. The monoisotopic (exact) mass is 147 g/mol. The molecule has 0 spiro atoms. The molecule has 0 aromatic carbocycles. The topological polar surface area (TPSA) is 29.1 Å². The van der Waals surface area contributed by atoms with E-state index >= 15 is 0 Å². The number of unbranched alkanes of at least 4 members (excludes halogenated alkanes) is 1. The quantitative estimate of drug-likeness (QED) is 0.470. The largest absolute Gasteiger partial charge is 0.353 e. The lowest BCUT2D eigenvalue weighted by molar-refractivity contribution is -0.116. The molecule has 0 aliphatic carbocycles. The first-order valence-electron chi connectivity index (χ1n) is 3.21. The van der Waals surface area contributed by atoms with Crippen LogP contribution in [0.25, 0.3) is 0 Å². The summed E-state index contributed by atoms with van der Waals surface area (Å²) in [5.41, 5.74) is 0. The third-order valence-electron chi connectivity index (χ3n) is 1.01. The summed E-state index contributed by atoms with van der Waals surface area (Å²) in [7, 11) is 0. The predicted octanol–water partition coefficient (Wildman–Crippen LogP) is 1.24. The lowest BCUT2D eigenvalue weighted by Crippen LogP contribution is -2.21. The van der Waals surface area contributed by atoms with Crippen LogP contribution in [0.5, 0.6) is 0 Å². The van der Waals surface area contributed by atoms with E-state index in [9.17, 15) is 4.79 Å². The minimum absolute atomic E-state index is 0. The number of rotatable bonds is 4. The molecule has 0 saturated heterocycles. The van der Waals surface area contributed by atoms with Crippen molar-refractivity contribution in [1.29, 1.82) is 0 Å². The Morgan fingerprint density at radius 3 is 2.70 bits per heavy atom. The van der Waals surface area contributed by atoms with Gasteiger partial charge in [0.15, 0.2) is 0 Å². The van der Waals surface area contributed by atoms with Crippen LogP contribution in [0.2, 0.25) is 0 Å². The van der Waals surface area contributed by atoms with E-state index in [1.165, 1.54) is 6.08 Å². The summed E-state index contributed by atoms with van der Waals surface area (Å²) in [4.78, 5) is 10.5. The van der Waals surface area contributed by atoms with E-state index in [1.807, 2.05) is 0 Å². The number of nitrogens with one attached hydrogen (secondary N) is 1. The zero-order valence-corrected chi connectivity index (χ0v) is 6.22. The van der Waals surface area contributed by atoms with Crippen LogP contribution in [0.3, 0.4) is 0 Å². The Balaban J connectivity index is 0. The van der Waals surface area contributed by atoms with Crippen LogP contribution in [0.1, 0.15) is 19.8 Å². The fraction of sp³-hybridized carbons (Fsp3) is 0.571. The lowest BCUT2D eigenvalue weighted by atomic mass is 10.3. The van der Waals surface area contributed by atoms with Gasteiger partial charge in [-0.3, -0.25) is 9.50 Å². The smallest absolute Gasteiger partial charge is 0.243 e. The molecule has 0 aliphatic rings. The van der Waals surface area contributed by atoms with Gasteiger partial charge in [0.1, 0.15) is 0 Å². The maximum atomic E-state index is 10.5. The van der Waals surface area contributed by atoms with Crippen LogP contribution in [0, 0.1) is 0 Å². The Morgan fingerprint density at radius 2 is 2.30 bits per heavy atom. The molecule has 1 amide bonds. The molecule has 0 saturated carbocycles. The summed E-state index contributed by atoms with van der Waals surface area (Å²) in [6.45, 7) is 6.18. The van der Waals surface area contributed by atoms with Crippen molar-refractivity contribution in [3.8, 4) is 0 Å². The Hall–Kier alpha value is -0.860. The molecule has 0 aromatic rings. The van der Waals surface area contributed by atoms with Crippen molar-refractivity contribution in [3.05, 3.63) is 12.7 Å². The third-order valence-corrected chi connectivity index (χ3v) is 1.01. The van der Waals surface area contributed by atoms with E-state index in [-0.39, 0.29) is 10.6 Å². The van der Waals surface area contributed by atoms with Gasteiger partial charge in [-0.05, 0) is 12.5 Å². The van der Waals surface area contributed by atoms with E-state index in [2.05, 4.69) is 18.8 Å². The first kappa shape index (κ1) is 11.9. The first-order valence-corrected chi connectivity index (χ1v) is 3.21. The Kier molecular flexibility index (Phi) is 9.67. The highest BCUT2D eigenvalue weighted by atomic mass is 19.0. The second-order valence-corrected chi connectivity index (χ2v) is 1.85. The van der Waals surface area contributed by atoms with Crippen LogP contribution in [0.15, 0.2) is 12.7 Å². The molecule has 0 aromatic heterocycles. The summed E-state index contributed by atoms with van der Waals surface area (Å²) >= 11 is 0. The second-order valence-electron chi connectivity index (χ2n) is 1.85. The second kappa shape index (κ2) is 8.14. The summed E-state index contributed by atoms with van der Waals surface area (Å²) in [5, 5.41) is 2.68. The molecular formula is C7H14FNO. The van der Waals surface area contributed by atoms with Gasteiger partial charge in [0.05, 0.1) is 0 Å². The summed E-state index contributed by atoms with van der Waals surface area (Å²) in [6, 6.07) is 0. The highest BCUT2D eigenvalue weighted by Crippen LogP contribution is 1.81. The number of carbonyl (C=O) groups is 1. The van der Waals surface area contributed by atoms with E-state index in [1.54, 1.807) is 0 Å². The maximum Gasteiger partial charge on any atom is 0.243 e. The van der Waals surface area contributed by atoms with Crippen molar-refractivity contribution in [2.45, 2.75) is 19.8 Å². The highest BCUT2D eigenvalue weighted by Gasteiger charge is 1.88. The molecule has 0 unspecified atom stereocenters. The van der Waals surface area contributed by atoms with E-state index < -0.39 is 0 Å². The van der Waals surface area contributed by atoms with Gasteiger partial charge in [0.2, 0.25) is 5.91 Å². The molecule has 0 aliphatic heterocycles. The molecule has 10 heavy (non-hydrogen) atoms. The van der Waals surface area contributed by atoms with Crippen LogP contribution in [-0.4, -0.2) is 12.5 Å². The molecule has 0 atom stereocenters. The zero-order valence-electron chi connectivity index (χ0n) is 6.22. The van der Waals surface area contributed by atoms with Crippen molar-refractivity contribution in [3.63, 3.8) is 0 Å². The van der Waals surface area contributed by atoms with Crippen molar-refractivity contribution in [2.24, 2.45) is 0 Å². The fourth-order valence-electron chi connectivity index (χ4n) is 0.461. The molecule has 3 heteroatoms. The van der Waals surface area contributed by atoms with Crippen LogP contribution in [-0.2, 0) is 4.79 Å². The molecule has 0 bridgehead atoms. The molecular weight excluding hydrogens is 133 g/mol. The predicted molar refractivity (Wildman–Crippen MR) is 40.6 cm³/mol. The number of hydrogen-bond acceptors (Lipinski definition) is 1. The average molecular weight is 147 g/mol. The number of halogens is 1. The van der Waals surface area contributed by atoms with Crippen molar-refractivity contribution < 1.29 is 9.50 Å². The van der Waals surface area contributed by atoms with Crippen LogP contribution in [0.4, 0.5) is 4.70 Å². The lowest BCUT2D eigenvalue weighted by Gasteiger charge is -1.97. The van der Waals surface area contributed by atoms with Gasteiger partial charge < -0.3 is 5.32 Å². The number of carbonyl (C=O) groups excluding carboxylic acids is 1. The molecule has 0 heterocycles. The Bertz CT molecular complexity index is 104. The Labute approximate surface area is 60.7 Å². The van der Waals surface area contributed by atoms with E-state index in [4.69, 9.17) is 0 Å². The standard InChI is InChI=1S/C7H13NO.FH/c1-3-5-6-8-7(9)4-2;/h4H,2-3,5-6H2,1H3,(H,8,9);1H. The van der Waals surface area contributed by atoms with E-state index in [0.29, 0.717) is 0 Å². The van der Waals surface area contributed by atoms with Crippen LogP contribution < -0.4 is 5.32 Å². The summed E-state index contributed by atoms with van der Waals surface area (Å²) in [5.74, 6) is -0.0801. The SMILES string of the molecule is C=CC(=O)NCCCC.F.